The largest absolute Gasteiger partial charge is 0.486 e. The van der Waals surface area contributed by atoms with Crippen molar-refractivity contribution in [3.8, 4) is 11.6 Å². The molecule has 0 bridgehead atoms. The summed E-state index contributed by atoms with van der Waals surface area (Å²) in [5.41, 5.74) is -1.93. The van der Waals surface area contributed by atoms with Crippen LogP contribution in [-0.4, -0.2) is 44.6 Å². The SMILES string of the molecule is CC(NC(=O)c1cc(C2CC2(F)F)cc(C(F)(F)F)c1)c1nc(Br)nn1-c1ccc(OCC(F)F)cn1. The van der Waals surface area contributed by atoms with E-state index in [0.29, 0.717) is 12.1 Å². The minimum atomic E-state index is -4.84. The average Bonchev–Trinajstić information content (AvgIpc) is 3.28. The highest BCUT2D eigenvalue weighted by Gasteiger charge is 2.58. The Bertz CT molecular complexity index is 1300. The summed E-state index contributed by atoms with van der Waals surface area (Å²) < 4.78 is 98.0. The fourth-order valence-electron chi connectivity index (χ4n) is 3.56. The monoisotopic (exact) mass is 595 g/mol. The van der Waals surface area contributed by atoms with Crippen LogP contribution in [0.5, 0.6) is 5.75 Å². The number of aromatic nitrogens is 4. The zero-order valence-electron chi connectivity index (χ0n) is 18.7. The van der Waals surface area contributed by atoms with E-state index in [-0.39, 0.29) is 27.7 Å². The van der Waals surface area contributed by atoms with Gasteiger partial charge in [0.2, 0.25) is 4.73 Å². The van der Waals surface area contributed by atoms with Crippen molar-refractivity contribution in [2.75, 3.05) is 6.61 Å². The average molecular weight is 596 g/mol. The van der Waals surface area contributed by atoms with E-state index in [1.54, 1.807) is 0 Å². The van der Waals surface area contributed by atoms with E-state index in [4.69, 9.17) is 4.74 Å². The molecule has 2 unspecified atom stereocenters. The molecule has 0 saturated heterocycles. The molecule has 1 N–H and O–H groups in total. The van der Waals surface area contributed by atoms with Crippen molar-refractivity contribution in [1.82, 2.24) is 25.1 Å². The van der Waals surface area contributed by atoms with Crippen LogP contribution in [0.2, 0.25) is 0 Å². The lowest BCUT2D eigenvalue weighted by molar-refractivity contribution is -0.137. The van der Waals surface area contributed by atoms with Gasteiger partial charge in [-0.15, -0.1) is 5.10 Å². The van der Waals surface area contributed by atoms with Crippen LogP contribution < -0.4 is 10.1 Å². The second-order valence-electron chi connectivity index (χ2n) is 8.26. The first-order valence-electron chi connectivity index (χ1n) is 10.7. The zero-order chi connectivity index (χ0) is 27.1. The van der Waals surface area contributed by atoms with E-state index >= 15 is 0 Å². The van der Waals surface area contributed by atoms with Crippen molar-refractivity contribution in [1.29, 1.82) is 0 Å². The van der Waals surface area contributed by atoms with Gasteiger partial charge in [-0.05, 0) is 58.7 Å². The van der Waals surface area contributed by atoms with E-state index in [9.17, 15) is 35.5 Å². The number of ether oxygens (including phenoxy) is 1. The molecule has 0 spiro atoms. The number of rotatable bonds is 8. The zero-order valence-corrected chi connectivity index (χ0v) is 20.3. The number of alkyl halides is 7. The molecule has 0 aliphatic heterocycles. The predicted molar refractivity (Wildman–Crippen MR) is 118 cm³/mol. The van der Waals surface area contributed by atoms with Crippen molar-refractivity contribution >= 4 is 21.8 Å². The molecule has 198 valence electrons. The number of nitrogens with one attached hydrogen (secondary N) is 1. The summed E-state index contributed by atoms with van der Waals surface area (Å²) >= 11 is 3.10. The maximum Gasteiger partial charge on any atom is 0.416 e. The number of hydrogen-bond donors (Lipinski definition) is 1. The number of carbonyl (C=O) groups excluding carboxylic acids is 1. The Labute approximate surface area is 213 Å². The van der Waals surface area contributed by atoms with Crippen molar-refractivity contribution < 1.29 is 40.3 Å². The van der Waals surface area contributed by atoms with E-state index in [0.717, 1.165) is 6.07 Å². The van der Waals surface area contributed by atoms with Gasteiger partial charge in [0.25, 0.3) is 18.3 Å². The third kappa shape index (κ3) is 6.19. The molecule has 7 nitrogen and oxygen atoms in total. The van der Waals surface area contributed by atoms with Gasteiger partial charge in [-0.25, -0.2) is 27.5 Å². The molecule has 1 amide bonds. The van der Waals surface area contributed by atoms with Gasteiger partial charge in [-0.2, -0.15) is 17.9 Å². The molecule has 0 radical (unpaired) electrons. The van der Waals surface area contributed by atoms with Gasteiger partial charge in [0.15, 0.2) is 11.6 Å². The number of nitrogens with zero attached hydrogens (tertiary/aromatic N) is 4. The third-order valence-corrected chi connectivity index (χ3v) is 5.76. The van der Waals surface area contributed by atoms with Crippen LogP contribution in [0, 0.1) is 0 Å². The Morgan fingerprint density at radius 2 is 1.97 bits per heavy atom. The molecule has 15 heteroatoms. The quantitative estimate of drug-likeness (QED) is 0.338. The molecule has 1 aliphatic carbocycles. The Balaban J connectivity index is 1.56. The highest BCUT2D eigenvalue weighted by Crippen LogP contribution is 2.56. The normalized spacial score (nSPS) is 17.5. The Morgan fingerprint density at radius 1 is 1.27 bits per heavy atom. The molecule has 3 aromatic rings. The molecule has 37 heavy (non-hydrogen) atoms. The molecule has 1 saturated carbocycles. The first kappa shape index (κ1) is 26.8. The van der Waals surface area contributed by atoms with Gasteiger partial charge < -0.3 is 10.1 Å². The van der Waals surface area contributed by atoms with E-state index in [1.165, 1.54) is 29.9 Å². The lowest BCUT2D eigenvalue weighted by Gasteiger charge is -2.16. The van der Waals surface area contributed by atoms with Crippen LogP contribution in [0.15, 0.2) is 41.3 Å². The third-order valence-electron chi connectivity index (χ3n) is 5.43. The standard InChI is InChI=1S/C22H17BrF7N5O2/c1-10(18-33-20(23)34-35(18)17-3-2-14(8-31-17)37-9-16(24)25)32-19(36)12-4-11(15-7-21(15,26)27)5-13(6-12)22(28,29)30/h2-6,8,10,15-16H,7,9H2,1H3,(H,32,36). The minimum absolute atomic E-state index is 0.0766. The van der Waals surface area contributed by atoms with Crippen LogP contribution in [-0.2, 0) is 6.18 Å². The van der Waals surface area contributed by atoms with Gasteiger partial charge in [-0.3, -0.25) is 4.79 Å². The molecule has 2 atom stereocenters. The Hall–Kier alpha value is -3.23. The van der Waals surface area contributed by atoms with Gasteiger partial charge in [0, 0.05) is 12.0 Å². The number of carbonyl (C=O) groups is 1. The summed E-state index contributed by atoms with van der Waals surface area (Å²) in [5.74, 6) is -5.09. The fraction of sp³-hybridized carbons (Fsp3) is 0.364. The van der Waals surface area contributed by atoms with Crippen LogP contribution in [0.25, 0.3) is 5.82 Å². The van der Waals surface area contributed by atoms with Crippen LogP contribution in [0.4, 0.5) is 30.7 Å². The maximum absolute atomic E-state index is 13.5. The highest BCUT2D eigenvalue weighted by atomic mass is 79.9. The molecule has 2 heterocycles. The summed E-state index contributed by atoms with van der Waals surface area (Å²) in [6.45, 7) is 0.661. The lowest BCUT2D eigenvalue weighted by Crippen LogP contribution is -2.29. The lowest BCUT2D eigenvalue weighted by atomic mass is 10.0. The summed E-state index contributed by atoms with van der Waals surface area (Å²) in [6, 6.07) is 4.07. The summed E-state index contributed by atoms with van der Waals surface area (Å²) in [7, 11) is 0. The Kier molecular flexibility index (Phi) is 7.18. The van der Waals surface area contributed by atoms with Gasteiger partial charge in [0.1, 0.15) is 12.4 Å². The van der Waals surface area contributed by atoms with Crippen molar-refractivity contribution in [3.63, 3.8) is 0 Å². The number of halogens is 8. The molecule has 1 aliphatic rings. The van der Waals surface area contributed by atoms with Crippen LogP contribution in [0.1, 0.15) is 52.6 Å². The number of amides is 1. The second-order valence-corrected chi connectivity index (χ2v) is 8.97. The van der Waals surface area contributed by atoms with Crippen LogP contribution >= 0.6 is 15.9 Å². The number of pyridine rings is 1. The summed E-state index contributed by atoms with van der Waals surface area (Å²) in [4.78, 5) is 21.1. The fourth-order valence-corrected chi connectivity index (χ4v) is 3.90. The summed E-state index contributed by atoms with van der Waals surface area (Å²) in [6.07, 6.45) is -6.93. The van der Waals surface area contributed by atoms with Gasteiger partial charge in [0.05, 0.1) is 23.7 Å². The molecular formula is C22H17BrF7N5O2. The predicted octanol–water partition coefficient (Wildman–Crippen LogP) is 5.70. The van der Waals surface area contributed by atoms with E-state index in [2.05, 4.69) is 36.3 Å². The van der Waals surface area contributed by atoms with E-state index < -0.39 is 60.5 Å². The number of benzene rings is 1. The first-order valence-corrected chi connectivity index (χ1v) is 11.4. The number of hydrogen-bond acceptors (Lipinski definition) is 5. The Morgan fingerprint density at radius 3 is 2.54 bits per heavy atom. The minimum Gasteiger partial charge on any atom is -0.486 e. The molecule has 1 fully saturated rings. The van der Waals surface area contributed by atoms with E-state index in [1.807, 2.05) is 0 Å². The second kappa shape index (κ2) is 9.91. The molecule has 1 aromatic carbocycles. The van der Waals surface area contributed by atoms with Crippen LogP contribution in [0.3, 0.4) is 0 Å². The molecular weight excluding hydrogens is 579 g/mol. The molecule has 2 aromatic heterocycles. The van der Waals surface area contributed by atoms with Crippen molar-refractivity contribution in [3.05, 3.63) is 63.8 Å². The highest BCUT2D eigenvalue weighted by molar-refractivity contribution is 9.10. The molecule has 4 rings (SSSR count). The first-order chi connectivity index (χ1) is 17.2. The van der Waals surface area contributed by atoms with Crippen molar-refractivity contribution in [2.24, 2.45) is 0 Å². The smallest absolute Gasteiger partial charge is 0.416 e. The van der Waals surface area contributed by atoms with Gasteiger partial charge in [-0.1, -0.05) is 0 Å². The van der Waals surface area contributed by atoms with Crippen molar-refractivity contribution in [2.45, 2.75) is 43.8 Å². The maximum atomic E-state index is 13.5. The summed E-state index contributed by atoms with van der Waals surface area (Å²) in [5, 5.41) is 6.60. The van der Waals surface area contributed by atoms with Gasteiger partial charge >= 0.3 is 6.18 Å². The topological polar surface area (TPSA) is 81.9 Å².